The average Bonchev–Trinajstić information content (AvgIpc) is 3.01. The van der Waals surface area contributed by atoms with E-state index < -0.39 is 0 Å². The molecule has 1 amide bonds. The van der Waals surface area contributed by atoms with Crippen LogP contribution in [0.25, 0.3) is 0 Å². The fraction of sp³-hybridized carbons (Fsp3) is 0.667. The van der Waals surface area contributed by atoms with Crippen LogP contribution in [0.2, 0.25) is 0 Å². The molecule has 1 N–H and O–H groups in total. The Labute approximate surface area is 151 Å². The summed E-state index contributed by atoms with van der Waals surface area (Å²) in [6.45, 7) is 9.39. The summed E-state index contributed by atoms with van der Waals surface area (Å²) >= 11 is 0. The van der Waals surface area contributed by atoms with Crippen LogP contribution in [-0.2, 0) is 0 Å². The van der Waals surface area contributed by atoms with Crippen molar-refractivity contribution in [3.63, 3.8) is 0 Å². The monoisotopic (exact) mass is 344 g/mol. The maximum absolute atomic E-state index is 13.0. The van der Waals surface area contributed by atoms with Crippen molar-refractivity contribution in [1.29, 1.82) is 0 Å². The van der Waals surface area contributed by atoms with Crippen molar-refractivity contribution in [2.75, 3.05) is 24.5 Å². The Morgan fingerprint density at radius 2 is 1.72 bits per heavy atom. The number of aliphatic hydroxyl groups excluding tert-OH is 1. The molecular formula is C21H32N2O2. The summed E-state index contributed by atoms with van der Waals surface area (Å²) in [4.78, 5) is 17.3. The topological polar surface area (TPSA) is 43.8 Å². The molecule has 4 nitrogen and oxygen atoms in total. The smallest absolute Gasteiger partial charge is 0.254 e. The number of anilines is 1. The van der Waals surface area contributed by atoms with E-state index in [1.54, 1.807) is 0 Å². The molecule has 0 radical (unpaired) electrons. The van der Waals surface area contributed by atoms with Gasteiger partial charge in [0.2, 0.25) is 0 Å². The van der Waals surface area contributed by atoms with E-state index in [1.165, 1.54) is 0 Å². The maximum atomic E-state index is 13.0. The molecule has 0 aromatic heterocycles. The fourth-order valence-corrected chi connectivity index (χ4v) is 4.13. The van der Waals surface area contributed by atoms with Gasteiger partial charge in [0, 0.05) is 36.9 Å². The number of hydrogen-bond acceptors (Lipinski definition) is 3. The number of hydrogen-bond donors (Lipinski definition) is 1. The van der Waals surface area contributed by atoms with Gasteiger partial charge in [-0.3, -0.25) is 4.79 Å². The molecule has 0 saturated carbocycles. The van der Waals surface area contributed by atoms with Crippen molar-refractivity contribution in [2.24, 2.45) is 5.41 Å². The highest BCUT2D eigenvalue weighted by Gasteiger charge is 2.32. The lowest BCUT2D eigenvalue weighted by Crippen LogP contribution is -2.38. The SMILES string of the molecule is CC(C)(C)CC1CCCN1C(=O)c1ccc(N2CCC(O)CC2)cc1. The van der Waals surface area contributed by atoms with E-state index in [1.807, 2.05) is 12.1 Å². The Balaban J connectivity index is 1.66. The van der Waals surface area contributed by atoms with Gasteiger partial charge >= 0.3 is 0 Å². The molecule has 2 fully saturated rings. The van der Waals surface area contributed by atoms with Gasteiger partial charge in [-0.2, -0.15) is 0 Å². The third-order valence-electron chi connectivity index (χ3n) is 5.43. The van der Waals surface area contributed by atoms with Gasteiger partial charge in [0.1, 0.15) is 0 Å². The van der Waals surface area contributed by atoms with E-state index in [-0.39, 0.29) is 17.4 Å². The minimum absolute atomic E-state index is 0.160. The number of benzene rings is 1. The van der Waals surface area contributed by atoms with Crippen molar-refractivity contribution >= 4 is 11.6 Å². The van der Waals surface area contributed by atoms with Crippen LogP contribution in [-0.4, -0.2) is 47.7 Å². The van der Waals surface area contributed by atoms with Crippen LogP contribution in [0.15, 0.2) is 24.3 Å². The number of aliphatic hydroxyl groups is 1. The fourth-order valence-electron chi connectivity index (χ4n) is 4.13. The third-order valence-corrected chi connectivity index (χ3v) is 5.43. The molecule has 2 aliphatic rings. The molecule has 1 aromatic rings. The number of rotatable bonds is 3. The molecule has 0 bridgehead atoms. The minimum Gasteiger partial charge on any atom is -0.393 e. The lowest BCUT2D eigenvalue weighted by atomic mass is 9.87. The van der Waals surface area contributed by atoms with Crippen molar-refractivity contribution in [2.45, 2.75) is 65.0 Å². The minimum atomic E-state index is -0.160. The first-order chi connectivity index (χ1) is 11.8. The first kappa shape index (κ1) is 18.2. The zero-order valence-corrected chi connectivity index (χ0v) is 15.9. The molecule has 4 heteroatoms. The van der Waals surface area contributed by atoms with Crippen LogP contribution in [0.4, 0.5) is 5.69 Å². The highest BCUT2D eigenvalue weighted by Crippen LogP contribution is 2.31. The van der Waals surface area contributed by atoms with E-state index in [0.29, 0.717) is 6.04 Å². The lowest BCUT2D eigenvalue weighted by Gasteiger charge is -2.32. The predicted molar refractivity (Wildman–Crippen MR) is 102 cm³/mol. The van der Waals surface area contributed by atoms with Crippen LogP contribution >= 0.6 is 0 Å². The Morgan fingerprint density at radius 1 is 1.08 bits per heavy atom. The number of carbonyl (C=O) groups is 1. The molecule has 138 valence electrons. The summed E-state index contributed by atoms with van der Waals surface area (Å²) in [6.07, 6.45) is 4.78. The van der Waals surface area contributed by atoms with Gasteiger partial charge in [0.15, 0.2) is 0 Å². The highest BCUT2D eigenvalue weighted by molar-refractivity contribution is 5.95. The summed E-state index contributed by atoms with van der Waals surface area (Å²) < 4.78 is 0. The maximum Gasteiger partial charge on any atom is 0.254 e. The Hall–Kier alpha value is -1.55. The zero-order chi connectivity index (χ0) is 18.0. The second kappa shape index (κ2) is 7.36. The Morgan fingerprint density at radius 3 is 2.32 bits per heavy atom. The lowest BCUT2D eigenvalue weighted by molar-refractivity contribution is 0.0704. The second-order valence-corrected chi connectivity index (χ2v) is 8.82. The van der Waals surface area contributed by atoms with Crippen molar-refractivity contribution in [1.82, 2.24) is 4.90 Å². The largest absolute Gasteiger partial charge is 0.393 e. The number of carbonyl (C=O) groups excluding carboxylic acids is 1. The quantitative estimate of drug-likeness (QED) is 0.909. The van der Waals surface area contributed by atoms with Crippen LogP contribution in [0.3, 0.4) is 0 Å². The van der Waals surface area contributed by atoms with Gasteiger partial charge in [-0.25, -0.2) is 0 Å². The number of nitrogens with zero attached hydrogens (tertiary/aromatic N) is 2. The molecule has 1 atom stereocenters. The van der Waals surface area contributed by atoms with Gasteiger partial charge in [0.25, 0.3) is 5.91 Å². The van der Waals surface area contributed by atoms with Gasteiger partial charge in [0.05, 0.1) is 6.10 Å². The number of amides is 1. The van der Waals surface area contributed by atoms with Crippen molar-refractivity contribution in [3.8, 4) is 0 Å². The summed E-state index contributed by atoms with van der Waals surface area (Å²) in [6, 6.07) is 8.42. The van der Waals surface area contributed by atoms with Crippen molar-refractivity contribution in [3.05, 3.63) is 29.8 Å². The molecule has 3 rings (SSSR count). The molecular weight excluding hydrogens is 312 g/mol. The third kappa shape index (κ3) is 4.55. The molecule has 0 spiro atoms. The van der Waals surface area contributed by atoms with Gasteiger partial charge in [-0.05, 0) is 61.8 Å². The van der Waals surface area contributed by atoms with E-state index in [2.05, 4.69) is 42.7 Å². The summed E-state index contributed by atoms with van der Waals surface area (Å²) in [5.74, 6) is 0.173. The summed E-state index contributed by atoms with van der Waals surface area (Å²) in [5.41, 5.74) is 2.19. The van der Waals surface area contributed by atoms with Crippen LogP contribution < -0.4 is 4.90 Å². The van der Waals surface area contributed by atoms with Crippen LogP contribution in [0.1, 0.15) is 63.2 Å². The molecule has 2 aliphatic heterocycles. The average molecular weight is 344 g/mol. The number of likely N-dealkylation sites (tertiary alicyclic amines) is 1. The normalized spacial score (nSPS) is 22.5. The highest BCUT2D eigenvalue weighted by atomic mass is 16.3. The van der Waals surface area contributed by atoms with Crippen molar-refractivity contribution < 1.29 is 9.90 Å². The van der Waals surface area contributed by atoms with Gasteiger partial charge in [-0.1, -0.05) is 20.8 Å². The molecule has 1 aromatic carbocycles. The van der Waals surface area contributed by atoms with E-state index in [4.69, 9.17) is 0 Å². The molecule has 0 aliphatic carbocycles. The Bertz CT molecular complexity index is 583. The summed E-state index contributed by atoms with van der Waals surface area (Å²) in [7, 11) is 0. The standard InChI is InChI=1S/C21H32N2O2/c1-21(2,3)15-18-5-4-12-23(18)20(25)16-6-8-17(9-7-16)22-13-10-19(24)11-14-22/h6-9,18-19,24H,4-5,10-15H2,1-3H3. The van der Waals surface area contributed by atoms with E-state index in [9.17, 15) is 9.90 Å². The first-order valence-electron chi connectivity index (χ1n) is 9.67. The summed E-state index contributed by atoms with van der Waals surface area (Å²) in [5, 5.41) is 9.64. The van der Waals surface area contributed by atoms with Gasteiger partial charge < -0.3 is 14.9 Å². The Kier molecular flexibility index (Phi) is 5.38. The molecule has 1 unspecified atom stereocenters. The van der Waals surface area contributed by atoms with E-state index >= 15 is 0 Å². The second-order valence-electron chi connectivity index (χ2n) is 8.82. The molecule has 2 saturated heterocycles. The molecule has 2 heterocycles. The van der Waals surface area contributed by atoms with Crippen LogP contribution in [0, 0.1) is 5.41 Å². The van der Waals surface area contributed by atoms with E-state index in [0.717, 1.165) is 63.0 Å². The zero-order valence-electron chi connectivity index (χ0n) is 15.9. The first-order valence-corrected chi connectivity index (χ1v) is 9.67. The van der Waals surface area contributed by atoms with Crippen LogP contribution in [0.5, 0.6) is 0 Å². The van der Waals surface area contributed by atoms with Gasteiger partial charge in [-0.15, -0.1) is 0 Å². The molecule has 25 heavy (non-hydrogen) atoms. The number of piperidine rings is 1. The predicted octanol–water partition coefficient (Wildman–Crippen LogP) is 3.69.